The van der Waals surface area contributed by atoms with Gasteiger partial charge in [0.25, 0.3) is 11.8 Å². The number of ketones is 1. The molecular formula is C18H28N2O5. The molecule has 0 aromatic carbocycles. The number of rotatable bonds is 9. The van der Waals surface area contributed by atoms with Crippen molar-refractivity contribution in [1.29, 1.82) is 0 Å². The number of carbonyl (C=O) groups excluding carboxylic acids is 3. The monoisotopic (exact) mass is 352 g/mol. The van der Waals surface area contributed by atoms with Gasteiger partial charge in [-0.2, -0.15) is 0 Å². The van der Waals surface area contributed by atoms with Crippen molar-refractivity contribution in [2.24, 2.45) is 5.41 Å². The number of amides is 2. The van der Waals surface area contributed by atoms with E-state index in [0.717, 1.165) is 17.9 Å². The summed E-state index contributed by atoms with van der Waals surface area (Å²) in [5.74, 6) is -0.867. The number of hydrogen-bond donors (Lipinski definition) is 0. The summed E-state index contributed by atoms with van der Waals surface area (Å²) in [7, 11) is 1.63. The van der Waals surface area contributed by atoms with E-state index in [4.69, 9.17) is 9.47 Å². The Balaban J connectivity index is 1.96. The molecule has 140 valence electrons. The summed E-state index contributed by atoms with van der Waals surface area (Å²) in [6.07, 6.45) is 3.31. The van der Waals surface area contributed by atoms with E-state index in [2.05, 4.69) is 4.90 Å². The lowest BCUT2D eigenvalue weighted by Crippen LogP contribution is -2.76. The maximum Gasteiger partial charge on any atom is 0.254 e. The molecule has 2 amide bonds. The lowest BCUT2D eigenvalue weighted by molar-refractivity contribution is -0.166. The summed E-state index contributed by atoms with van der Waals surface area (Å²) in [5, 5.41) is 0. The molecule has 0 aliphatic carbocycles. The van der Waals surface area contributed by atoms with Crippen LogP contribution in [0.25, 0.3) is 0 Å². The molecular weight excluding hydrogens is 324 g/mol. The lowest BCUT2D eigenvalue weighted by atomic mass is 9.72. The van der Waals surface area contributed by atoms with Gasteiger partial charge in [-0.15, -0.1) is 0 Å². The van der Waals surface area contributed by atoms with Crippen LogP contribution in [0.15, 0.2) is 12.2 Å². The van der Waals surface area contributed by atoms with Gasteiger partial charge in [0.1, 0.15) is 5.54 Å². The number of Topliss-reactive ketones (excluding diaryl/α,β-unsaturated/α-hetero) is 1. The molecule has 0 aromatic rings. The molecule has 0 unspecified atom stereocenters. The van der Waals surface area contributed by atoms with Gasteiger partial charge in [-0.05, 0) is 6.42 Å². The van der Waals surface area contributed by atoms with Crippen LogP contribution in [0.5, 0.6) is 0 Å². The van der Waals surface area contributed by atoms with Crippen LogP contribution in [0.1, 0.15) is 27.2 Å². The Morgan fingerprint density at radius 1 is 1.12 bits per heavy atom. The third-order valence-electron chi connectivity index (χ3n) is 4.51. The quantitative estimate of drug-likeness (QED) is 0.448. The molecule has 0 bridgehead atoms. The first-order chi connectivity index (χ1) is 11.7. The van der Waals surface area contributed by atoms with Gasteiger partial charge in [-0.3, -0.25) is 24.2 Å². The number of likely N-dealkylation sites (tertiary alicyclic amines) is 1. The zero-order valence-electron chi connectivity index (χ0n) is 15.5. The number of methoxy groups -OCH3 is 1. The summed E-state index contributed by atoms with van der Waals surface area (Å²) >= 11 is 0. The Morgan fingerprint density at radius 3 is 2.24 bits per heavy atom. The molecule has 0 N–H and O–H groups in total. The fraction of sp³-hybridized carbons (Fsp3) is 0.722. The van der Waals surface area contributed by atoms with Crippen LogP contribution in [-0.4, -0.2) is 79.5 Å². The van der Waals surface area contributed by atoms with Crippen LogP contribution in [0.2, 0.25) is 0 Å². The van der Waals surface area contributed by atoms with E-state index < -0.39 is 22.8 Å². The van der Waals surface area contributed by atoms with Crippen LogP contribution in [-0.2, 0) is 23.9 Å². The molecule has 2 rings (SSSR count). The van der Waals surface area contributed by atoms with Crippen molar-refractivity contribution >= 4 is 17.6 Å². The van der Waals surface area contributed by atoms with Gasteiger partial charge in [0, 0.05) is 50.9 Å². The molecule has 0 radical (unpaired) electrons. The highest BCUT2D eigenvalue weighted by atomic mass is 16.5. The Kier molecular flexibility index (Phi) is 6.13. The molecule has 1 fully saturated rings. The lowest BCUT2D eigenvalue weighted by Gasteiger charge is -2.54. The van der Waals surface area contributed by atoms with Gasteiger partial charge in [0.2, 0.25) is 0 Å². The maximum atomic E-state index is 13.0. The summed E-state index contributed by atoms with van der Waals surface area (Å²) in [6.45, 7) is 8.75. The molecule has 0 aromatic heterocycles. The summed E-state index contributed by atoms with van der Waals surface area (Å²) in [6, 6.07) is 0. The Hall–Kier alpha value is -1.57. The van der Waals surface area contributed by atoms with Gasteiger partial charge in [-0.1, -0.05) is 20.8 Å². The predicted octanol–water partition coefficient (Wildman–Crippen LogP) is 0.634. The SMILES string of the molecule is COCCOCCCN1CC(C(=O)C(C)(C)C)(N2C(=O)C=CC2=O)C1. The summed E-state index contributed by atoms with van der Waals surface area (Å²) < 4.78 is 10.3. The molecule has 0 saturated carbocycles. The standard InChI is InChI=1S/C18H28N2O5/c1-17(2,3)16(23)18(20-14(21)6-7-15(20)22)12-19(13-18)8-5-9-25-11-10-24-4/h6-7H,5,8-13H2,1-4H3. The van der Waals surface area contributed by atoms with E-state index >= 15 is 0 Å². The van der Waals surface area contributed by atoms with Crippen molar-refractivity contribution < 1.29 is 23.9 Å². The van der Waals surface area contributed by atoms with Crippen LogP contribution in [0.4, 0.5) is 0 Å². The highest BCUT2D eigenvalue weighted by Gasteiger charge is 2.59. The smallest absolute Gasteiger partial charge is 0.254 e. The third kappa shape index (κ3) is 4.16. The molecule has 7 nitrogen and oxygen atoms in total. The minimum Gasteiger partial charge on any atom is -0.382 e. The normalized spacial score (nSPS) is 20.2. The van der Waals surface area contributed by atoms with Crippen molar-refractivity contribution in [1.82, 2.24) is 9.80 Å². The summed E-state index contributed by atoms with van der Waals surface area (Å²) in [5.41, 5.74) is -1.68. The minimum absolute atomic E-state index is 0.0713. The topological polar surface area (TPSA) is 76.2 Å². The second-order valence-corrected chi connectivity index (χ2v) is 7.63. The van der Waals surface area contributed by atoms with Crippen LogP contribution < -0.4 is 0 Å². The minimum atomic E-state index is -1.05. The zero-order chi connectivity index (χ0) is 18.7. The third-order valence-corrected chi connectivity index (χ3v) is 4.51. The van der Waals surface area contributed by atoms with Crippen molar-refractivity contribution in [2.75, 3.05) is 46.6 Å². The number of ether oxygens (including phenoxy) is 2. The van der Waals surface area contributed by atoms with Gasteiger partial charge >= 0.3 is 0 Å². The van der Waals surface area contributed by atoms with Gasteiger partial charge in [0.05, 0.1) is 13.2 Å². The largest absolute Gasteiger partial charge is 0.382 e. The van der Waals surface area contributed by atoms with Crippen LogP contribution in [0, 0.1) is 5.41 Å². The van der Waals surface area contributed by atoms with Gasteiger partial charge in [-0.25, -0.2) is 0 Å². The zero-order valence-corrected chi connectivity index (χ0v) is 15.5. The van der Waals surface area contributed by atoms with E-state index in [9.17, 15) is 14.4 Å². The summed E-state index contributed by atoms with van der Waals surface area (Å²) in [4.78, 5) is 40.5. The van der Waals surface area contributed by atoms with E-state index in [1.54, 1.807) is 7.11 Å². The van der Waals surface area contributed by atoms with Crippen LogP contribution >= 0.6 is 0 Å². The van der Waals surface area contributed by atoms with E-state index in [1.165, 1.54) is 12.2 Å². The van der Waals surface area contributed by atoms with Crippen molar-refractivity contribution in [3.05, 3.63) is 12.2 Å². The average molecular weight is 352 g/mol. The number of carbonyl (C=O) groups is 3. The fourth-order valence-electron chi connectivity index (χ4n) is 3.39. The molecule has 0 atom stereocenters. The second-order valence-electron chi connectivity index (χ2n) is 7.63. The first-order valence-corrected chi connectivity index (χ1v) is 8.62. The fourth-order valence-corrected chi connectivity index (χ4v) is 3.39. The number of hydrogen-bond acceptors (Lipinski definition) is 6. The van der Waals surface area contributed by atoms with Crippen molar-refractivity contribution in [2.45, 2.75) is 32.7 Å². The molecule has 1 saturated heterocycles. The Labute approximate surface area is 148 Å². The molecule has 2 aliphatic rings. The van der Waals surface area contributed by atoms with Crippen molar-refractivity contribution in [3.8, 4) is 0 Å². The predicted molar refractivity (Wildman–Crippen MR) is 91.9 cm³/mol. The Morgan fingerprint density at radius 2 is 1.72 bits per heavy atom. The maximum absolute atomic E-state index is 13.0. The molecule has 7 heteroatoms. The van der Waals surface area contributed by atoms with Crippen LogP contribution in [0.3, 0.4) is 0 Å². The number of imide groups is 1. The molecule has 2 heterocycles. The first-order valence-electron chi connectivity index (χ1n) is 8.62. The highest BCUT2D eigenvalue weighted by molar-refractivity contribution is 6.17. The van der Waals surface area contributed by atoms with E-state index in [-0.39, 0.29) is 5.78 Å². The highest BCUT2D eigenvalue weighted by Crippen LogP contribution is 2.37. The average Bonchev–Trinajstić information content (AvgIpc) is 2.83. The first kappa shape index (κ1) is 19.8. The van der Waals surface area contributed by atoms with E-state index in [0.29, 0.717) is 32.9 Å². The second kappa shape index (κ2) is 7.76. The van der Waals surface area contributed by atoms with Gasteiger partial charge in [0.15, 0.2) is 5.78 Å². The van der Waals surface area contributed by atoms with Crippen molar-refractivity contribution in [3.63, 3.8) is 0 Å². The van der Waals surface area contributed by atoms with Gasteiger partial charge < -0.3 is 9.47 Å². The molecule has 0 spiro atoms. The Bertz CT molecular complexity index is 540. The molecule has 2 aliphatic heterocycles. The molecule has 25 heavy (non-hydrogen) atoms. The number of nitrogens with zero attached hydrogens (tertiary/aromatic N) is 2. The van der Waals surface area contributed by atoms with E-state index in [1.807, 2.05) is 20.8 Å².